The fourth-order valence-electron chi connectivity index (χ4n) is 1.90. The van der Waals surface area contributed by atoms with Crippen LogP contribution in [0.1, 0.15) is 23.7 Å². The largest absolute Gasteiger partial charge is 0.325 e. The average Bonchev–Trinajstić information content (AvgIpc) is 2.55. The molecule has 22 heavy (non-hydrogen) atoms. The molecular formula is C17H18N2O2S. The standard InChI is InChI=1S/C17H18N2O2S/c1-2-16(20)12-6-8-14(9-7-12)22-15-5-3-4-13(10-15)19-17(21)11-18/h3-10H,2,11,18H2,1H3,(H,19,21). The lowest BCUT2D eigenvalue weighted by Gasteiger charge is -2.07. The molecule has 0 aliphatic rings. The van der Waals surface area contributed by atoms with Crippen LogP contribution in [-0.4, -0.2) is 18.2 Å². The van der Waals surface area contributed by atoms with E-state index in [4.69, 9.17) is 5.73 Å². The van der Waals surface area contributed by atoms with E-state index < -0.39 is 0 Å². The monoisotopic (exact) mass is 314 g/mol. The zero-order valence-electron chi connectivity index (χ0n) is 12.3. The zero-order valence-corrected chi connectivity index (χ0v) is 13.2. The molecule has 0 aliphatic carbocycles. The normalized spacial score (nSPS) is 10.3. The molecule has 4 nitrogen and oxygen atoms in total. The molecule has 0 bridgehead atoms. The third kappa shape index (κ3) is 4.44. The Morgan fingerprint density at radius 3 is 2.45 bits per heavy atom. The van der Waals surface area contributed by atoms with E-state index in [9.17, 15) is 9.59 Å². The number of ketones is 1. The van der Waals surface area contributed by atoms with E-state index in [1.165, 1.54) is 0 Å². The van der Waals surface area contributed by atoms with Crippen molar-refractivity contribution in [3.8, 4) is 0 Å². The first-order chi connectivity index (χ1) is 10.6. The molecule has 0 saturated carbocycles. The van der Waals surface area contributed by atoms with Crippen LogP contribution >= 0.6 is 11.8 Å². The summed E-state index contributed by atoms with van der Waals surface area (Å²) < 4.78 is 0. The Morgan fingerprint density at radius 1 is 1.09 bits per heavy atom. The van der Waals surface area contributed by atoms with Gasteiger partial charge in [0.05, 0.1) is 6.54 Å². The summed E-state index contributed by atoms with van der Waals surface area (Å²) in [6.45, 7) is 1.82. The highest BCUT2D eigenvalue weighted by molar-refractivity contribution is 7.99. The number of hydrogen-bond donors (Lipinski definition) is 2. The SMILES string of the molecule is CCC(=O)c1ccc(Sc2cccc(NC(=O)CN)c2)cc1. The first kappa shape index (κ1) is 16.3. The maximum absolute atomic E-state index is 11.6. The molecule has 0 saturated heterocycles. The summed E-state index contributed by atoms with van der Waals surface area (Å²) in [4.78, 5) is 24.9. The van der Waals surface area contributed by atoms with Crippen LogP contribution in [0.3, 0.4) is 0 Å². The van der Waals surface area contributed by atoms with Gasteiger partial charge in [-0.15, -0.1) is 0 Å². The van der Waals surface area contributed by atoms with Crippen LogP contribution in [0.5, 0.6) is 0 Å². The minimum atomic E-state index is -0.218. The number of rotatable bonds is 6. The highest BCUT2D eigenvalue weighted by Crippen LogP contribution is 2.29. The van der Waals surface area contributed by atoms with Gasteiger partial charge in [0.1, 0.15) is 0 Å². The molecule has 0 spiro atoms. The lowest BCUT2D eigenvalue weighted by Crippen LogP contribution is -2.21. The van der Waals surface area contributed by atoms with Crippen molar-refractivity contribution in [2.75, 3.05) is 11.9 Å². The Balaban J connectivity index is 2.08. The number of nitrogens with two attached hydrogens (primary N) is 1. The lowest BCUT2D eigenvalue weighted by molar-refractivity contribution is -0.114. The molecule has 0 unspecified atom stereocenters. The Hall–Kier alpha value is -2.11. The first-order valence-electron chi connectivity index (χ1n) is 7.03. The maximum atomic E-state index is 11.6. The van der Waals surface area contributed by atoms with Crippen molar-refractivity contribution in [2.24, 2.45) is 5.73 Å². The summed E-state index contributed by atoms with van der Waals surface area (Å²) in [7, 11) is 0. The van der Waals surface area contributed by atoms with Crippen molar-refractivity contribution in [3.05, 3.63) is 54.1 Å². The van der Waals surface area contributed by atoms with Crippen molar-refractivity contribution in [2.45, 2.75) is 23.1 Å². The van der Waals surface area contributed by atoms with Crippen LogP contribution in [0.4, 0.5) is 5.69 Å². The van der Waals surface area contributed by atoms with Gasteiger partial charge in [0.25, 0.3) is 0 Å². The summed E-state index contributed by atoms with van der Waals surface area (Å²) in [5.74, 6) is -0.0763. The molecule has 5 heteroatoms. The molecule has 0 atom stereocenters. The number of carbonyl (C=O) groups excluding carboxylic acids is 2. The number of hydrogen-bond acceptors (Lipinski definition) is 4. The van der Waals surface area contributed by atoms with Gasteiger partial charge in [-0.2, -0.15) is 0 Å². The van der Waals surface area contributed by atoms with E-state index in [1.54, 1.807) is 11.8 Å². The quantitative estimate of drug-likeness (QED) is 0.802. The van der Waals surface area contributed by atoms with Gasteiger partial charge in [0.15, 0.2) is 5.78 Å². The van der Waals surface area contributed by atoms with E-state index in [2.05, 4.69) is 5.32 Å². The number of amides is 1. The van der Waals surface area contributed by atoms with Gasteiger partial charge >= 0.3 is 0 Å². The molecule has 2 aromatic carbocycles. The summed E-state index contributed by atoms with van der Waals surface area (Å²) in [5, 5.41) is 2.73. The lowest BCUT2D eigenvalue weighted by atomic mass is 10.1. The van der Waals surface area contributed by atoms with Crippen molar-refractivity contribution in [1.29, 1.82) is 0 Å². The van der Waals surface area contributed by atoms with E-state index in [-0.39, 0.29) is 18.2 Å². The summed E-state index contributed by atoms with van der Waals surface area (Å²) in [6, 6.07) is 15.1. The van der Waals surface area contributed by atoms with Crippen LogP contribution in [0, 0.1) is 0 Å². The molecule has 0 aromatic heterocycles. The Morgan fingerprint density at radius 2 is 1.82 bits per heavy atom. The number of anilines is 1. The second kappa shape index (κ2) is 7.77. The molecule has 0 radical (unpaired) electrons. The van der Waals surface area contributed by atoms with E-state index in [0.717, 1.165) is 21.0 Å². The molecule has 0 fully saturated rings. The highest BCUT2D eigenvalue weighted by atomic mass is 32.2. The van der Waals surface area contributed by atoms with Crippen molar-refractivity contribution in [1.82, 2.24) is 0 Å². The summed E-state index contributed by atoms with van der Waals surface area (Å²) in [6.07, 6.45) is 0.509. The molecule has 0 heterocycles. The van der Waals surface area contributed by atoms with Gasteiger partial charge in [-0.25, -0.2) is 0 Å². The van der Waals surface area contributed by atoms with E-state index >= 15 is 0 Å². The van der Waals surface area contributed by atoms with Crippen molar-refractivity contribution in [3.63, 3.8) is 0 Å². The van der Waals surface area contributed by atoms with Crippen LogP contribution in [0.2, 0.25) is 0 Å². The third-order valence-electron chi connectivity index (χ3n) is 3.04. The number of carbonyl (C=O) groups is 2. The van der Waals surface area contributed by atoms with E-state index in [0.29, 0.717) is 6.42 Å². The van der Waals surface area contributed by atoms with Crippen LogP contribution in [0.25, 0.3) is 0 Å². The molecule has 1 amide bonds. The fourth-order valence-corrected chi connectivity index (χ4v) is 2.78. The topological polar surface area (TPSA) is 72.2 Å². The zero-order chi connectivity index (χ0) is 15.9. The minimum absolute atomic E-state index is 0.0374. The van der Waals surface area contributed by atoms with Gasteiger partial charge in [0, 0.05) is 27.5 Å². The molecule has 2 rings (SSSR count). The Bertz CT molecular complexity index is 669. The van der Waals surface area contributed by atoms with E-state index in [1.807, 2.05) is 55.5 Å². The maximum Gasteiger partial charge on any atom is 0.238 e. The highest BCUT2D eigenvalue weighted by Gasteiger charge is 2.05. The number of benzene rings is 2. The number of nitrogens with one attached hydrogen (secondary N) is 1. The van der Waals surface area contributed by atoms with Gasteiger partial charge in [-0.05, 0) is 30.3 Å². The predicted molar refractivity (Wildman–Crippen MR) is 89.3 cm³/mol. The molecule has 2 aromatic rings. The van der Waals surface area contributed by atoms with Gasteiger partial charge in [0.2, 0.25) is 5.91 Å². The second-order valence-corrected chi connectivity index (χ2v) is 5.83. The number of Topliss-reactive ketones (excluding diaryl/α,β-unsaturated/α-hetero) is 1. The smallest absolute Gasteiger partial charge is 0.238 e. The minimum Gasteiger partial charge on any atom is -0.325 e. The molecular weight excluding hydrogens is 296 g/mol. The third-order valence-corrected chi connectivity index (χ3v) is 4.03. The molecule has 114 valence electrons. The predicted octanol–water partition coefficient (Wildman–Crippen LogP) is 3.33. The van der Waals surface area contributed by atoms with Crippen molar-refractivity contribution >= 4 is 29.1 Å². The van der Waals surface area contributed by atoms with Gasteiger partial charge < -0.3 is 11.1 Å². The second-order valence-electron chi connectivity index (χ2n) is 4.68. The summed E-state index contributed by atoms with van der Waals surface area (Å²) >= 11 is 1.57. The average molecular weight is 314 g/mol. The van der Waals surface area contributed by atoms with Crippen LogP contribution in [-0.2, 0) is 4.79 Å². The van der Waals surface area contributed by atoms with Crippen LogP contribution < -0.4 is 11.1 Å². The summed E-state index contributed by atoms with van der Waals surface area (Å²) in [5.41, 5.74) is 6.74. The first-order valence-corrected chi connectivity index (χ1v) is 7.85. The fraction of sp³-hybridized carbons (Fsp3) is 0.176. The van der Waals surface area contributed by atoms with Crippen molar-refractivity contribution < 1.29 is 9.59 Å². The Labute approximate surface area is 134 Å². The molecule has 0 aliphatic heterocycles. The van der Waals surface area contributed by atoms with Gasteiger partial charge in [-0.1, -0.05) is 36.9 Å². The van der Waals surface area contributed by atoms with Gasteiger partial charge in [-0.3, -0.25) is 9.59 Å². The molecule has 3 N–H and O–H groups in total. The van der Waals surface area contributed by atoms with Crippen LogP contribution in [0.15, 0.2) is 58.3 Å². The Kier molecular flexibility index (Phi) is 5.75.